The van der Waals surface area contributed by atoms with Crippen molar-refractivity contribution in [3.8, 4) is 0 Å². The second-order valence-corrected chi connectivity index (χ2v) is 6.92. The molecule has 3 heteroatoms. The van der Waals surface area contributed by atoms with Crippen molar-refractivity contribution in [2.24, 2.45) is 17.1 Å². The molecule has 0 bridgehead atoms. The summed E-state index contributed by atoms with van der Waals surface area (Å²) in [5.74, 6) is 0.641. The van der Waals surface area contributed by atoms with E-state index in [0.717, 1.165) is 19.6 Å². The fourth-order valence-corrected chi connectivity index (χ4v) is 3.20. The zero-order valence-corrected chi connectivity index (χ0v) is 13.1. The number of benzene rings is 1. The topological polar surface area (TPSA) is 29.3 Å². The van der Waals surface area contributed by atoms with Crippen molar-refractivity contribution < 1.29 is 0 Å². The number of hydrogen-bond donors (Lipinski definition) is 1. The van der Waals surface area contributed by atoms with Crippen LogP contribution in [0, 0.1) is 18.3 Å². The van der Waals surface area contributed by atoms with Gasteiger partial charge in [-0.05, 0) is 48.9 Å². The molecule has 0 aromatic heterocycles. The Balaban J connectivity index is 2.18. The van der Waals surface area contributed by atoms with E-state index in [4.69, 9.17) is 5.73 Å². The maximum atomic E-state index is 5.88. The Morgan fingerprint density at radius 1 is 1.44 bits per heavy atom. The SMILES string of the molecule is Cc1ccc(N2CCC(CN)C(C)(C)C2)cc1Br. The molecule has 1 aromatic rings. The third kappa shape index (κ3) is 2.72. The third-order valence-corrected chi connectivity index (χ3v) is 5.11. The van der Waals surface area contributed by atoms with E-state index in [-0.39, 0.29) is 0 Å². The lowest BCUT2D eigenvalue weighted by Crippen LogP contribution is -2.48. The van der Waals surface area contributed by atoms with E-state index in [9.17, 15) is 0 Å². The van der Waals surface area contributed by atoms with E-state index in [0.29, 0.717) is 11.3 Å². The molecule has 1 saturated heterocycles. The summed E-state index contributed by atoms with van der Waals surface area (Å²) >= 11 is 3.62. The van der Waals surface area contributed by atoms with Gasteiger partial charge in [-0.1, -0.05) is 35.8 Å². The van der Waals surface area contributed by atoms with Gasteiger partial charge in [0, 0.05) is 23.2 Å². The van der Waals surface area contributed by atoms with E-state index >= 15 is 0 Å². The van der Waals surface area contributed by atoms with Crippen LogP contribution in [0.25, 0.3) is 0 Å². The molecule has 2 N–H and O–H groups in total. The number of nitrogens with two attached hydrogens (primary N) is 1. The molecule has 2 rings (SSSR count). The molecule has 0 aliphatic carbocycles. The van der Waals surface area contributed by atoms with Crippen LogP contribution < -0.4 is 10.6 Å². The highest BCUT2D eigenvalue weighted by molar-refractivity contribution is 9.10. The Hall–Kier alpha value is -0.540. The fraction of sp³-hybridized carbons (Fsp3) is 0.600. The van der Waals surface area contributed by atoms with Gasteiger partial charge in [-0.2, -0.15) is 0 Å². The first-order valence-electron chi connectivity index (χ1n) is 6.65. The average molecular weight is 311 g/mol. The Morgan fingerprint density at radius 3 is 2.72 bits per heavy atom. The van der Waals surface area contributed by atoms with Gasteiger partial charge in [0.2, 0.25) is 0 Å². The summed E-state index contributed by atoms with van der Waals surface area (Å²) in [7, 11) is 0. The van der Waals surface area contributed by atoms with Crippen LogP contribution in [-0.4, -0.2) is 19.6 Å². The van der Waals surface area contributed by atoms with E-state index in [1.807, 2.05) is 0 Å². The fourth-order valence-electron chi connectivity index (χ4n) is 2.84. The van der Waals surface area contributed by atoms with Gasteiger partial charge in [0.05, 0.1) is 0 Å². The van der Waals surface area contributed by atoms with Gasteiger partial charge in [-0.25, -0.2) is 0 Å². The molecule has 1 unspecified atom stereocenters. The van der Waals surface area contributed by atoms with Gasteiger partial charge in [-0.3, -0.25) is 0 Å². The van der Waals surface area contributed by atoms with Gasteiger partial charge < -0.3 is 10.6 Å². The van der Waals surface area contributed by atoms with Crippen molar-refractivity contribution >= 4 is 21.6 Å². The van der Waals surface area contributed by atoms with E-state index in [1.165, 1.54) is 22.1 Å². The summed E-state index contributed by atoms with van der Waals surface area (Å²) in [4.78, 5) is 2.48. The predicted molar refractivity (Wildman–Crippen MR) is 82.0 cm³/mol. The van der Waals surface area contributed by atoms with E-state index in [2.05, 4.69) is 59.8 Å². The first kappa shape index (κ1) is 13.9. The van der Waals surface area contributed by atoms with Gasteiger partial charge >= 0.3 is 0 Å². The highest BCUT2D eigenvalue weighted by Gasteiger charge is 2.34. The zero-order valence-electron chi connectivity index (χ0n) is 11.5. The van der Waals surface area contributed by atoms with Crippen molar-refractivity contribution in [2.75, 3.05) is 24.5 Å². The van der Waals surface area contributed by atoms with Gasteiger partial charge in [-0.15, -0.1) is 0 Å². The molecule has 0 spiro atoms. The summed E-state index contributed by atoms with van der Waals surface area (Å²) < 4.78 is 1.19. The first-order valence-corrected chi connectivity index (χ1v) is 7.44. The Bertz CT molecular complexity index is 429. The summed E-state index contributed by atoms with van der Waals surface area (Å²) in [6, 6.07) is 6.63. The lowest BCUT2D eigenvalue weighted by atomic mass is 9.74. The Morgan fingerprint density at radius 2 is 2.17 bits per heavy atom. The average Bonchev–Trinajstić information content (AvgIpc) is 2.31. The lowest BCUT2D eigenvalue weighted by molar-refractivity contribution is 0.182. The van der Waals surface area contributed by atoms with Crippen LogP contribution in [0.2, 0.25) is 0 Å². The smallest absolute Gasteiger partial charge is 0.0377 e. The molecule has 100 valence electrons. The molecule has 1 aromatic carbocycles. The van der Waals surface area contributed by atoms with Crippen LogP contribution in [0.5, 0.6) is 0 Å². The highest BCUT2D eigenvalue weighted by Crippen LogP contribution is 2.36. The van der Waals surface area contributed by atoms with E-state index < -0.39 is 0 Å². The minimum absolute atomic E-state index is 0.296. The van der Waals surface area contributed by atoms with Crippen molar-refractivity contribution in [3.63, 3.8) is 0 Å². The molecular formula is C15H23BrN2. The van der Waals surface area contributed by atoms with Crippen LogP contribution in [0.15, 0.2) is 22.7 Å². The third-order valence-electron chi connectivity index (χ3n) is 4.26. The summed E-state index contributed by atoms with van der Waals surface area (Å²) in [5.41, 5.74) is 8.78. The van der Waals surface area contributed by atoms with Crippen LogP contribution in [-0.2, 0) is 0 Å². The monoisotopic (exact) mass is 310 g/mol. The summed E-state index contributed by atoms with van der Waals surface area (Å²) in [6.45, 7) is 9.79. The number of rotatable bonds is 2. The quantitative estimate of drug-likeness (QED) is 0.905. The molecule has 0 amide bonds. The second kappa shape index (κ2) is 5.22. The second-order valence-electron chi connectivity index (χ2n) is 6.06. The normalized spacial score (nSPS) is 23.2. The van der Waals surface area contributed by atoms with Crippen molar-refractivity contribution in [1.29, 1.82) is 0 Å². The first-order chi connectivity index (χ1) is 8.44. The predicted octanol–water partition coefficient (Wildman–Crippen LogP) is 3.57. The maximum absolute atomic E-state index is 5.88. The van der Waals surface area contributed by atoms with E-state index in [1.54, 1.807) is 0 Å². The lowest BCUT2D eigenvalue weighted by Gasteiger charge is -2.45. The standard InChI is InChI=1S/C15H23BrN2/c1-11-4-5-13(8-14(11)16)18-7-6-12(9-17)15(2,3)10-18/h4-5,8,12H,6-7,9-10,17H2,1-3H3. The van der Waals surface area contributed by atoms with Crippen LogP contribution in [0.4, 0.5) is 5.69 Å². The zero-order chi connectivity index (χ0) is 13.3. The van der Waals surface area contributed by atoms with Crippen molar-refractivity contribution in [1.82, 2.24) is 0 Å². The van der Waals surface area contributed by atoms with Gasteiger partial charge in [0.15, 0.2) is 0 Å². The largest absolute Gasteiger partial charge is 0.371 e. The molecule has 2 nitrogen and oxygen atoms in total. The Kier molecular flexibility index (Phi) is 4.02. The molecule has 1 heterocycles. The molecular weight excluding hydrogens is 288 g/mol. The van der Waals surface area contributed by atoms with Crippen molar-refractivity contribution in [3.05, 3.63) is 28.2 Å². The van der Waals surface area contributed by atoms with Gasteiger partial charge in [0.25, 0.3) is 0 Å². The maximum Gasteiger partial charge on any atom is 0.0377 e. The van der Waals surface area contributed by atoms with Crippen LogP contribution in [0.1, 0.15) is 25.8 Å². The number of anilines is 1. The Labute approximate surface area is 119 Å². The molecule has 0 saturated carbocycles. The number of aryl methyl sites for hydroxylation is 1. The number of piperidine rings is 1. The number of nitrogens with zero attached hydrogens (tertiary/aromatic N) is 1. The summed E-state index contributed by atoms with van der Waals surface area (Å²) in [5, 5.41) is 0. The molecule has 1 fully saturated rings. The number of hydrogen-bond acceptors (Lipinski definition) is 2. The summed E-state index contributed by atoms with van der Waals surface area (Å²) in [6.07, 6.45) is 1.19. The number of halogens is 1. The molecule has 1 aliphatic rings. The molecule has 0 radical (unpaired) electrons. The van der Waals surface area contributed by atoms with Gasteiger partial charge in [0.1, 0.15) is 0 Å². The minimum Gasteiger partial charge on any atom is -0.371 e. The minimum atomic E-state index is 0.296. The van der Waals surface area contributed by atoms with Crippen molar-refractivity contribution in [2.45, 2.75) is 27.2 Å². The highest BCUT2D eigenvalue weighted by atomic mass is 79.9. The molecule has 1 aliphatic heterocycles. The molecule has 18 heavy (non-hydrogen) atoms. The van der Waals surface area contributed by atoms with Crippen LogP contribution >= 0.6 is 15.9 Å². The molecule has 1 atom stereocenters. The van der Waals surface area contributed by atoms with Crippen LogP contribution in [0.3, 0.4) is 0 Å².